The molecule has 22 heavy (non-hydrogen) atoms. The zero-order chi connectivity index (χ0) is 17.4. The summed E-state index contributed by atoms with van der Waals surface area (Å²) >= 11 is 32.6. The standard InChI is InChI=1S/C11H7Br9OP/c12-9(13,14)22(10(15,16)17,11(18,19)20)6-8(21)7-4-2-1-3-5-7/h1-5H,6H2/q+1. The highest BCUT2D eigenvalue weighted by Gasteiger charge is 2.75. The van der Waals surface area contributed by atoms with Crippen molar-refractivity contribution in [2.75, 3.05) is 6.16 Å². The van der Waals surface area contributed by atoms with Crippen LogP contribution >= 0.6 is 151 Å². The average molecular weight is 905 g/mol. The van der Waals surface area contributed by atoms with Gasteiger partial charge in [-0.1, -0.05) is 30.3 Å². The van der Waals surface area contributed by atoms with Crippen molar-refractivity contribution in [3.8, 4) is 0 Å². The molecule has 1 rings (SSSR count). The van der Waals surface area contributed by atoms with Gasteiger partial charge in [0, 0.05) is 5.56 Å². The fourth-order valence-corrected chi connectivity index (χ4v) is 40.7. The third kappa shape index (κ3) is 5.34. The molecule has 0 N–H and O–H groups in total. The molecule has 124 valence electrons. The Hall–Kier alpha value is 3.64. The Balaban J connectivity index is 3.43. The second kappa shape index (κ2) is 8.76. The number of rotatable bonds is 3. The predicted octanol–water partition coefficient (Wildman–Crippen LogP) is 9.27. The molecule has 0 spiro atoms. The molecule has 0 aliphatic heterocycles. The summed E-state index contributed by atoms with van der Waals surface area (Å²) in [5.74, 6) is 0.0297. The van der Waals surface area contributed by atoms with E-state index in [0.717, 1.165) is 0 Å². The maximum atomic E-state index is 12.8. The highest BCUT2D eigenvalue weighted by atomic mass is 80.0. The van der Waals surface area contributed by atoms with Crippen molar-refractivity contribution < 1.29 is 4.79 Å². The minimum Gasteiger partial charge on any atom is -0.290 e. The van der Waals surface area contributed by atoms with Crippen LogP contribution in [0.25, 0.3) is 0 Å². The molecule has 1 aromatic carbocycles. The molecule has 0 saturated heterocycles. The first kappa shape index (κ1) is 23.7. The van der Waals surface area contributed by atoms with Gasteiger partial charge >= 0.3 is 0 Å². The van der Waals surface area contributed by atoms with Crippen LogP contribution in [-0.4, -0.2) is 17.6 Å². The summed E-state index contributed by atoms with van der Waals surface area (Å²) in [6.45, 7) is 0. The number of halogens is 9. The smallest absolute Gasteiger partial charge is 0.245 e. The van der Waals surface area contributed by atoms with E-state index in [1.54, 1.807) is 0 Å². The molecule has 0 aromatic heterocycles. The molecule has 0 aliphatic carbocycles. The van der Waals surface area contributed by atoms with Gasteiger partial charge in [-0.25, -0.2) is 0 Å². The molecule has 1 nitrogen and oxygen atoms in total. The van der Waals surface area contributed by atoms with Crippen molar-refractivity contribution in [3.05, 3.63) is 35.9 Å². The van der Waals surface area contributed by atoms with Gasteiger partial charge in [0.1, 0.15) is 13.4 Å². The molecule has 11 heteroatoms. The molecule has 0 amide bonds. The van der Waals surface area contributed by atoms with E-state index in [1.807, 2.05) is 30.3 Å². The van der Waals surface area contributed by atoms with Gasteiger partial charge in [0.05, 0.1) is 0 Å². The molecule has 0 fully saturated rings. The predicted molar refractivity (Wildman–Crippen MR) is 131 cm³/mol. The van der Waals surface area contributed by atoms with Gasteiger partial charge in [-0.15, -0.1) is 0 Å². The number of benzene rings is 1. The maximum absolute atomic E-state index is 12.8. The zero-order valence-electron chi connectivity index (χ0n) is 10.4. The summed E-state index contributed by atoms with van der Waals surface area (Å²) in [4.78, 5) is 12.8. The Morgan fingerprint density at radius 3 is 1.45 bits per heavy atom. The molecule has 0 unspecified atom stereocenters. The summed E-state index contributed by atoms with van der Waals surface area (Å²) in [6, 6.07) is 9.21. The van der Waals surface area contributed by atoms with Crippen molar-refractivity contribution in [2.45, 2.75) is 5.65 Å². The molecule has 0 saturated carbocycles. The van der Waals surface area contributed by atoms with Crippen LogP contribution in [0.3, 0.4) is 0 Å². The molecule has 0 bridgehead atoms. The van der Waals surface area contributed by atoms with E-state index in [9.17, 15) is 4.79 Å². The Morgan fingerprint density at radius 1 is 0.773 bits per heavy atom. The Kier molecular flexibility index (Phi) is 9.43. The van der Waals surface area contributed by atoms with Crippen LogP contribution in [0.4, 0.5) is 0 Å². The minimum atomic E-state index is -2.37. The minimum absolute atomic E-state index is 0.0297. The van der Waals surface area contributed by atoms with Crippen molar-refractivity contribution in [1.29, 1.82) is 0 Å². The maximum Gasteiger partial charge on any atom is 0.245 e. The van der Waals surface area contributed by atoms with Gasteiger partial charge in [0.15, 0.2) is 5.78 Å². The lowest BCUT2D eigenvalue weighted by molar-refractivity contribution is 0.102. The Labute approximate surface area is 205 Å². The van der Waals surface area contributed by atoms with Crippen LogP contribution in [0.1, 0.15) is 10.4 Å². The monoisotopic (exact) mass is 896 g/mol. The summed E-state index contributed by atoms with van der Waals surface area (Å²) in [5, 5.41) is 0. The van der Waals surface area contributed by atoms with E-state index in [-0.39, 0.29) is 11.9 Å². The van der Waals surface area contributed by atoms with Crippen molar-refractivity contribution in [2.24, 2.45) is 0 Å². The number of carbonyl (C=O) groups excluding carboxylic acids is 1. The van der Waals surface area contributed by atoms with Gasteiger partial charge in [-0.05, 0) is 143 Å². The third-order valence-corrected chi connectivity index (χ3v) is 22.5. The van der Waals surface area contributed by atoms with Gasteiger partial charge in [0.2, 0.25) is 5.65 Å². The number of alkyl halides is 9. The lowest BCUT2D eigenvalue weighted by Gasteiger charge is -2.43. The fraction of sp³-hybridized carbons (Fsp3) is 0.364. The van der Waals surface area contributed by atoms with Gasteiger partial charge in [-0.3, -0.25) is 4.79 Å². The summed E-state index contributed by atoms with van der Waals surface area (Å²) in [7, 11) is -2.37. The molecule has 0 atom stereocenters. The SMILES string of the molecule is O=C(C[P+](C(Br)(Br)Br)(C(Br)(Br)Br)C(Br)(Br)Br)c1ccccc1. The first-order valence-corrected chi connectivity index (χ1v) is 14.5. The summed E-state index contributed by atoms with van der Waals surface area (Å²) in [6.07, 6.45) is 0.266. The Bertz CT molecular complexity index is 493. The number of ketones is 1. The van der Waals surface area contributed by atoms with Crippen LogP contribution in [0, 0.1) is 0 Å². The largest absolute Gasteiger partial charge is 0.290 e. The molecule has 0 aliphatic rings. The normalized spacial score (nSPS) is 14.0. The number of Topliss-reactive ketones (excluding diaryl/α,β-unsaturated/α-hetero) is 1. The van der Waals surface area contributed by atoms with E-state index >= 15 is 0 Å². The van der Waals surface area contributed by atoms with Gasteiger partial charge in [0.25, 0.3) is 0 Å². The van der Waals surface area contributed by atoms with Crippen molar-refractivity contribution >= 4 is 156 Å². The van der Waals surface area contributed by atoms with E-state index in [2.05, 4.69) is 143 Å². The molecule has 0 radical (unpaired) electrons. The lowest BCUT2D eigenvalue weighted by atomic mass is 10.2. The molecule has 1 aromatic rings. The highest BCUT2D eigenvalue weighted by Crippen LogP contribution is 2.96. The topological polar surface area (TPSA) is 17.1 Å². The van der Waals surface area contributed by atoms with E-state index in [4.69, 9.17) is 0 Å². The number of carbonyl (C=O) groups is 1. The van der Waals surface area contributed by atoms with E-state index < -0.39 is 12.9 Å². The van der Waals surface area contributed by atoms with Crippen LogP contribution < -0.4 is 0 Å². The number of hydrogen-bond acceptors (Lipinski definition) is 1. The van der Waals surface area contributed by atoms with Crippen LogP contribution in [0.5, 0.6) is 0 Å². The lowest BCUT2D eigenvalue weighted by Crippen LogP contribution is -2.35. The summed E-state index contributed by atoms with van der Waals surface area (Å²) < 4.78 is -2.13. The molecular weight excluding hydrogens is 898 g/mol. The Morgan fingerprint density at radius 2 is 1.14 bits per heavy atom. The van der Waals surface area contributed by atoms with E-state index in [0.29, 0.717) is 5.56 Å². The first-order valence-electron chi connectivity index (χ1n) is 5.41. The molecular formula is C11H7Br9OP+. The average Bonchev–Trinajstić information content (AvgIpc) is 2.32. The van der Waals surface area contributed by atoms with Crippen molar-refractivity contribution in [3.63, 3.8) is 0 Å². The summed E-state index contributed by atoms with van der Waals surface area (Å²) in [5.41, 5.74) is 0.664. The van der Waals surface area contributed by atoms with Crippen LogP contribution in [0.2, 0.25) is 0 Å². The van der Waals surface area contributed by atoms with Gasteiger partial charge < -0.3 is 0 Å². The number of hydrogen-bond donors (Lipinski definition) is 0. The zero-order valence-corrected chi connectivity index (χ0v) is 25.5. The quantitative estimate of drug-likeness (QED) is 0.168. The third-order valence-electron chi connectivity index (χ3n) is 2.78. The second-order valence-corrected chi connectivity index (χ2v) is 33.9. The van der Waals surface area contributed by atoms with Crippen molar-refractivity contribution in [1.82, 2.24) is 0 Å². The van der Waals surface area contributed by atoms with Crippen LogP contribution in [-0.2, 0) is 0 Å². The van der Waals surface area contributed by atoms with E-state index in [1.165, 1.54) is 0 Å². The molecule has 0 heterocycles. The van der Waals surface area contributed by atoms with Gasteiger partial charge in [-0.2, -0.15) is 0 Å². The second-order valence-electron chi connectivity index (χ2n) is 4.16. The van der Waals surface area contributed by atoms with Crippen LogP contribution in [0.15, 0.2) is 30.3 Å². The first-order chi connectivity index (χ1) is 9.74. The highest BCUT2D eigenvalue weighted by molar-refractivity contribution is 9.48. The fourth-order valence-electron chi connectivity index (χ4n) is 1.63.